The van der Waals surface area contributed by atoms with Gasteiger partial charge in [-0.3, -0.25) is 9.36 Å². The van der Waals surface area contributed by atoms with E-state index in [1.807, 2.05) is 36.7 Å². The van der Waals surface area contributed by atoms with Crippen LogP contribution in [-0.4, -0.2) is 51.4 Å². The van der Waals surface area contributed by atoms with E-state index in [1.165, 1.54) is 0 Å². The highest BCUT2D eigenvalue weighted by atomic mass is 16.5. The number of hydrogen-bond acceptors (Lipinski definition) is 8. The molecule has 3 aromatic rings. The molecule has 9 nitrogen and oxygen atoms in total. The van der Waals surface area contributed by atoms with Gasteiger partial charge in [0.1, 0.15) is 17.2 Å². The van der Waals surface area contributed by atoms with Crippen LogP contribution in [0.1, 0.15) is 63.6 Å². The van der Waals surface area contributed by atoms with E-state index < -0.39 is 0 Å². The highest BCUT2D eigenvalue weighted by Gasteiger charge is 2.26. The third-order valence-corrected chi connectivity index (χ3v) is 7.27. The van der Waals surface area contributed by atoms with Gasteiger partial charge in [-0.2, -0.15) is 4.98 Å². The Bertz CT molecular complexity index is 1340. The molecule has 4 heterocycles. The van der Waals surface area contributed by atoms with Gasteiger partial charge in [-0.1, -0.05) is 19.4 Å². The van der Waals surface area contributed by atoms with Crippen LogP contribution in [0.4, 0.5) is 17.5 Å². The summed E-state index contributed by atoms with van der Waals surface area (Å²) in [5, 5.41) is 4.05. The average Bonchev–Trinajstić information content (AvgIpc) is 3.38. The molecule has 2 aliphatic rings. The number of ether oxygens (including phenoxy) is 2. The first-order valence-corrected chi connectivity index (χ1v) is 13.2. The van der Waals surface area contributed by atoms with E-state index in [0.29, 0.717) is 35.3 Å². The number of rotatable bonds is 7. The van der Waals surface area contributed by atoms with Crippen molar-refractivity contribution in [1.29, 1.82) is 0 Å². The van der Waals surface area contributed by atoms with Gasteiger partial charge in [0, 0.05) is 30.7 Å². The fraction of sp³-hybridized carbons (Fsp3) is 0.500. The van der Waals surface area contributed by atoms with Crippen LogP contribution in [0, 0.1) is 6.92 Å². The number of aromatic nitrogens is 4. The lowest BCUT2D eigenvalue weighted by molar-refractivity contribution is -0.00523. The number of aryl methyl sites for hydroxylation is 1. The lowest BCUT2D eigenvalue weighted by atomic mass is 10.0. The van der Waals surface area contributed by atoms with Gasteiger partial charge >= 0.3 is 0 Å². The number of pyridine rings is 2. The predicted octanol–water partition coefficient (Wildman–Crippen LogP) is 4.97. The second kappa shape index (κ2) is 10.5. The van der Waals surface area contributed by atoms with Crippen LogP contribution in [0.15, 0.2) is 35.9 Å². The number of anilines is 3. The van der Waals surface area contributed by atoms with Crippen molar-refractivity contribution in [2.45, 2.75) is 71.6 Å². The topological polar surface area (TPSA) is 94.4 Å². The zero-order valence-electron chi connectivity index (χ0n) is 22.2. The Morgan fingerprint density at radius 3 is 2.54 bits per heavy atom. The third kappa shape index (κ3) is 5.05. The summed E-state index contributed by atoms with van der Waals surface area (Å²) in [6.07, 6.45) is 8.10. The first kappa shape index (κ1) is 25.2. The van der Waals surface area contributed by atoms with Crippen molar-refractivity contribution in [1.82, 2.24) is 19.5 Å². The lowest BCUT2D eigenvalue weighted by Crippen LogP contribution is -2.45. The molecule has 1 aliphatic carbocycles. The molecule has 1 aliphatic heterocycles. The summed E-state index contributed by atoms with van der Waals surface area (Å²) in [7, 11) is 0. The Kier molecular flexibility index (Phi) is 7.15. The smallest absolute Gasteiger partial charge is 0.263 e. The van der Waals surface area contributed by atoms with Crippen molar-refractivity contribution in [3.63, 3.8) is 0 Å². The Labute approximate surface area is 217 Å². The number of nitrogens with zero attached hydrogens (tertiary/aromatic N) is 5. The Morgan fingerprint density at radius 1 is 1.16 bits per heavy atom. The van der Waals surface area contributed by atoms with E-state index in [1.54, 1.807) is 6.20 Å². The van der Waals surface area contributed by atoms with E-state index in [-0.39, 0.29) is 23.8 Å². The lowest BCUT2D eigenvalue weighted by Gasteiger charge is -2.36. The summed E-state index contributed by atoms with van der Waals surface area (Å²) in [6.45, 7) is 14.1. The van der Waals surface area contributed by atoms with Gasteiger partial charge in [-0.15, -0.1) is 0 Å². The minimum atomic E-state index is -0.101. The summed E-state index contributed by atoms with van der Waals surface area (Å²) in [6, 6.07) is 4.08. The predicted molar refractivity (Wildman–Crippen MR) is 146 cm³/mol. The maximum atomic E-state index is 13.7. The van der Waals surface area contributed by atoms with Crippen molar-refractivity contribution in [2.24, 2.45) is 0 Å². The third-order valence-electron chi connectivity index (χ3n) is 7.27. The van der Waals surface area contributed by atoms with Gasteiger partial charge in [0.15, 0.2) is 0 Å². The molecule has 0 bridgehead atoms. The maximum absolute atomic E-state index is 13.7. The molecule has 2 fully saturated rings. The second-order valence-corrected chi connectivity index (χ2v) is 10.1. The van der Waals surface area contributed by atoms with Gasteiger partial charge < -0.3 is 19.7 Å². The Hall–Kier alpha value is -3.46. The summed E-state index contributed by atoms with van der Waals surface area (Å²) >= 11 is 0. The molecule has 1 saturated carbocycles. The standard InChI is InChI=1S/C28H36N6O3/c1-6-36-20(5)25-19(4)23-14-30-28(32-26(23)34(27(25)35)21-9-7-8-10-21)31-24-12-11-22(13-29-24)33-15-17(2)37-18(3)16-33/h11-14,17-18,21H,5-10,15-16H2,1-4H3,(H,29,30,31,32). The van der Waals surface area contributed by atoms with E-state index in [2.05, 4.69) is 40.6 Å². The van der Waals surface area contributed by atoms with Crippen LogP contribution in [0.25, 0.3) is 16.8 Å². The fourth-order valence-corrected chi connectivity index (χ4v) is 5.62. The van der Waals surface area contributed by atoms with E-state index in [0.717, 1.165) is 55.4 Å². The summed E-state index contributed by atoms with van der Waals surface area (Å²) in [4.78, 5) is 30.0. The molecule has 2 atom stereocenters. The van der Waals surface area contributed by atoms with Crippen LogP contribution in [0.5, 0.6) is 0 Å². The molecule has 9 heteroatoms. The molecule has 1 saturated heterocycles. The van der Waals surface area contributed by atoms with Gasteiger partial charge in [0.25, 0.3) is 5.56 Å². The molecule has 196 valence electrons. The minimum Gasteiger partial charge on any atom is -0.494 e. The molecule has 1 N–H and O–H groups in total. The number of hydrogen-bond donors (Lipinski definition) is 1. The van der Waals surface area contributed by atoms with Gasteiger partial charge in [0.05, 0.1) is 36.3 Å². The van der Waals surface area contributed by atoms with Crippen LogP contribution in [0.2, 0.25) is 0 Å². The SMILES string of the molecule is C=C(OCC)c1c(C)c2cnc(Nc3ccc(N4CC(C)OC(C)C4)cn3)nc2n(C2CCCC2)c1=O. The van der Waals surface area contributed by atoms with Gasteiger partial charge in [-0.05, 0) is 58.2 Å². The van der Waals surface area contributed by atoms with E-state index in [9.17, 15) is 4.79 Å². The number of fused-ring (bicyclic) bond motifs is 1. The van der Waals surface area contributed by atoms with Crippen LogP contribution in [0.3, 0.4) is 0 Å². The summed E-state index contributed by atoms with van der Waals surface area (Å²) in [5.41, 5.74) is 2.88. The molecular formula is C28H36N6O3. The molecule has 2 unspecified atom stereocenters. The monoisotopic (exact) mass is 504 g/mol. The summed E-state index contributed by atoms with van der Waals surface area (Å²) < 4.78 is 13.3. The highest BCUT2D eigenvalue weighted by molar-refractivity contribution is 5.84. The van der Waals surface area contributed by atoms with Crippen LogP contribution >= 0.6 is 0 Å². The zero-order chi connectivity index (χ0) is 26.1. The molecule has 3 aromatic heterocycles. The molecule has 37 heavy (non-hydrogen) atoms. The zero-order valence-corrected chi connectivity index (χ0v) is 22.2. The van der Waals surface area contributed by atoms with E-state index >= 15 is 0 Å². The van der Waals surface area contributed by atoms with Gasteiger partial charge in [-0.25, -0.2) is 9.97 Å². The fourth-order valence-electron chi connectivity index (χ4n) is 5.62. The quantitative estimate of drug-likeness (QED) is 0.451. The van der Waals surface area contributed by atoms with Crippen molar-refractivity contribution < 1.29 is 9.47 Å². The van der Waals surface area contributed by atoms with Crippen LogP contribution in [-0.2, 0) is 9.47 Å². The Morgan fingerprint density at radius 2 is 1.89 bits per heavy atom. The molecule has 0 radical (unpaired) electrons. The maximum Gasteiger partial charge on any atom is 0.263 e. The van der Waals surface area contributed by atoms with Crippen molar-refractivity contribution in [2.75, 3.05) is 29.9 Å². The molecular weight excluding hydrogens is 468 g/mol. The first-order chi connectivity index (χ1) is 17.9. The normalized spacial score (nSPS) is 20.4. The molecule has 0 amide bonds. The van der Waals surface area contributed by atoms with Crippen LogP contribution < -0.4 is 15.8 Å². The largest absolute Gasteiger partial charge is 0.494 e. The van der Waals surface area contributed by atoms with Crippen molar-refractivity contribution >= 4 is 34.2 Å². The average molecular weight is 505 g/mol. The number of nitrogens with one attached hydrogen (secondary N) is 1. The van der Waals surface area contributed by atoms with E-state index in [4.69, 9.17) is 14.5 Å². The van der Waals surface area contributed by atoms with Crippen molar-refractivity contribution in [3.8, 4) is 0 Å². The molecule has 5 rings (SSSR count). The minimum absolute atomic E-state index is 0.0993. The summed E-state index contributed by atoms with van der Waals surface area (Å²) in [5.74, 6) is 1.45. The highest BCUT2D eigenvalue weighted by Crippen LogP contribution is 2.33. The molecule has 0 spiro atoms. The van der Waals surface area contributed by atoms with Crippen molar-refractivity contribution in [3.05, 3.63) is 52.6 Å². The second-order valence-electron chi connectivity index (χ2n) is 10.1. The first-order valence-electron chi connectivity index (χ1n) is 13.2. The van der Waals surface area contributed by atoms with Gasteiger partial charge in [0.2, 0.25) is 5.95 Å². The Balaban J connectivity index is 1.48. The molecule has 0 aromatic carbocycles. The number of morpholine rings is 1.